The molecule has 1 aromatic heterocycles. The number of ether oxygens (including phenoxy) is 1. The quantitative estimate of drug-likeness (QED) is 0.888. The third kappa shape index (κ3) is 3.66. The number of methoxy groups -OCH3 is 1. The van der Waals surface area contributed by atoms with Gasteiger partial charge in [0.2, 0.25) is 0 Å². The number of benzene rings is 1. The summed E-state index contributed by atoms with van der Waals surface area (Å²) in [5.74, 6) is 0.873. The Morgan fingerprint density at radius 1 is 1.24 bits per heavy atom. The van der Waals surface area contributed by atoms with Crippen molar-refractivity contribution in [3.63, 3.8) is 0 Å². The maximum atomic E-state index is 9.90. The van der Waals surface area contributed by atoms with Gasteiger partial charge in [-0.05, 0) is 50.4 Å². The first kappa shape index (κ1) is 16.8. The van der Waals surface area contributed by atoms with E-state index in [2.05, 4.69) is 26.1 Å². The number of hydrogen-bond donors (Lipinski definition) is 2. The molecule has 4 rings (SSSR count). The molecule has 1 atom stereocenters. The number of likely N-dealkylation sites (tertiary alicyclic amines) is 2. The third-order valence-corrected chi connectivity index (χ3v) is 5.72. The number of nitrogens with zero attached hydrogens (tertiary/aromatic N) is 3. The molecule has 2 N–H and O–H groups in total. The predicted octanol–water partition coefficient (Wildman–Crippen LogP) is 1.99. The van der Waals surface area contributed by atoms with Gasteiger partial charge in [0.05, 0.1) is 24.4 Å². The summed E-state index contributed by atoms with van der Waals surface area (Å²) in [6.45, 7) is 5.10. The molecule has 0 saturated carbocycles. The normalized spacial score (nSPS) is 24.0. The minimum atomic E-state index is -0.127. The van der Waals surface area contributed by atoms with Crippen LogP contribution in [0, 0.1) is 0 Å². The van der Waals surface area contributed by atoms with Crippen LogP contribution in [0.4, 0.5) is 0 Å². The van der Waals surface area contributed by atoms with E-state index >= 15 is 0 Å². The van der Waals surface area contributed by atoms with E-state index in [4.69, 9.17) is 4.74 Å². The van der Waals surface area contributed by atoms with Crippen molar-refractivity contribution < 1.29 is 9.84 Å². The summed E-state index contributed by atoms with van der Waals surface area (Å²) in [6.07, 6.45) is 4.33. The molecule has 2 fully saturated rings. The molecule has 136 valence electrons. The number of H-pyrrole nitrogens is 1. The summed E-state index contributed by atoms with van der Waals surface area (Å²) in [5, 5.41) is 18.7. The van der Waals surface area contributed by atoms with Crippen molar-refractivity contribution >= 4 is 10.9 Å². The van der Waals surface area contributed by atoms with Crippen LogP contribution in [0.1, 0.15) is 31.4 Å². The molecule has 1 aromatic carbocycles. The maximum Gasteiger partial charge on any atom is 0.119 e. The first-order chi connectivity index (χ1) is 12.2. The fraction of sp³-hybridized carbons (Fsp3) is 0.632. The largest absolute Gasteiger partial charge is 0.497 e. The van der Waals surface area contributed by atoms with Gasteiger partial charge in [0, 0.05) is 37.6 Å². The highest BCUT2D eigenvalue weighted by atomic mass is 16.5. The van der Waals surface area contributed by atoms with Gasteiger partial charge in [-0.2, -0.15) is 5.10 Å². The molecular formula is C19H28N4O2. The van der Waals surface area contributed by atoms with Crippen molar-refractivity contribution in [2.45, 2.75) is 44.4 Å². The second kappa shape index (κ2) is 7.32. The van der Waals surface area contributed by atoms with E-state index in [0.717, 1.165) is 62.2 Å². The monoisotopic (exact) mass is 344 g/mol. The average Bonchev–Trinajstić information content (AvgIpc) is 3.04. The second-order valence-corrected chi connectivity index (χ2v) is 7.38. The molecule has 6 nitrogen and oxygen atoms in total. The predicted molar refractivity (Wildman–Crippen MR) is 97.8 cm³/mol. The zero-order chi connectivity index (χ0) is 17.2. The maximum absolute atomic E-state index is 9.90. The van der Waals surface area contributed by atoms with Crippen LogP contribution >= 0.6 is 0 Å². The van der Waals surface area contributed by atoms with Crippen molar-refractivity contribution in [2.75, 3.05) is 33.3 Å². The molecule has 2 aliphatic rings. The van der Waals surface area contributed by atoms with Crippen LogP contribution in [0.3, 0.4) is 0 Å². The van der Waals surface area contributed by atoms with Gasteiger partial charge in [-0.25, -0.2) is 0 Å². The average molecular weight is 344 g/mol. The van der Waals surface area contributed by atoms with Gasteiger partial charge in [0.1, 0.15) is 5.75 Å². The molecule has 2 saturated heterocycles. The first-order valence-corrected chi connectivity index (χ1v) is 9.38. The summed E-state index contributed by atoms with van der Waals surface area (Å²) >= 11 is 0. The van der Waals surface area contributed by atoms with Gasteiger partial charge in [-0.3, -0.25) is 14.9 Å². The fourth-order valence-electron chi connectivity index (χ4n) is 4.27. The summed E-state index contributed by atoms with van der Waals surface area (Å²) in [4.78, 5) is 5.01. The summed E-state index contributed by atoms with van der Waals surface area (Å²) in [7, 11) is 1.70. The van der Waals surface area contributed by atoms with Crippen LogP contribution in [0.25, 0.3) is 10.9 Å². The van der Waals surface area contributed by atoms with E-state index < -0.39 is 0 Å². The van der Waals surface area contributed by atoms with Gasteiger partial charge in [0.25, 0.3) is 0 Å². The molecule has 0 spiro atoms. The summed E-state index contributed by atoms with van der Waals surface area (Å²) in [6, 6.07) is 6.65. The number of aliphatic hydroxyl groups excluding tert-OH is 1. The Labute approximate surface area is 148 Å². The molecular weight excluding hydrogens is 316 g/mol. The minimum absolute atomic E-state index is 0.127. The van der Waals surface area contributed by atoms with Crippen molar-refractivity contribution in [3.8, 4) is 5.75 Å². The molecule has 0 unspecified atom stereocenters. The zero-order valence-electron chi connectivity index (χ0n) is 14.9. The van der Waals surface area contributed by atoms with Crippen LogP contribution in [0.2, 0.25) is 0 Å². The number of fused-ring (bicyclic) bond motifs is 1. The second-order valence-electron chi connectivity index (χ2n) is 7.38. The van der Waals surface area contributed by atoms with Gasteiger partial charge in [-0.15, -0.1) is 0 Å². The summed E-state index contributed by atoms with van der Waals surface area (Å²) in [5.41, 5.74) is 2.16. The lowest BCUT2D eigenvalue weighted by Crippen LogP contribution is -2.49. The van der Waals surface area contributed by atoms with Gasteiger partial charge >= 0.3 is 0 Å². The zero-order valence-corrected chi connectivity index (χ0v) is 14.9. The Morgan fingerprint density at radius 3 is 2.84 bits per heavy atom. The third-order valence-electron chi connectivity index (χ3n) is 5.72. The molecule has 2 aliphatic heterocycles. The van der Waals surface area contributed by atoms with Crippen LogP contribution in [-0.2, 0) is 6.54 Å². The number of hydrogen-bond acceptors (Lipinski definition) is 5. The van der Waals surface area contributed by atoms with Gasteiger partial charge < -0.3 is 9.84 Å². The number of rotatable bonds is 4. The first-order valence-electron chi connectivity index (χ1n) is 9.38. The standard InChI is InChI=1S/C19H28N4O2/c1-25-16-4-5-18-17(11-16)19(21-20-18)13-22-9-6-14(7-10-22)23-8-2-3-15(24)12-23/h4-5,11,14-15,24H,2-3,6-10,12-13H2,1H3,(H,20,21)/t15-/m1/s1. The van der Waals surface area contributed by atoms with Crippen LogP contribution < -0.4 is 4.74 Å². The lowest BCUT2D eigenvalue weighted by molar-refractivity contribution is 0.0242. The number of β-amino-alcohol motifs (C(OH)–C–C–N with tert-alkyl or cyclic N) is 1. The van der Waals surface area contributed by atoms with E-state index in [1.54, 1.807) is 7.11 Å². The van der Waals surface area contributed by atoms with Crippen LogP contribution in [0.5, 0.6) is 5.75 Å². The summed E-state index contributed by atoms with van der Waals surface area (Å²) < 4.78 is 5.35. The topological polar surface area (TPSA) is 64.6 Å². The van der Waals surface area contributed by atoms with Crippen LogP contribution in [0.15, 0.2) is 18.2 Å². The lowest BCUT2D eigenvalue weighted by atomic mass is 9.99. The van der Waals surface area contributed by atoms with E-state index in [9.17, 15) is 5.11 Å². The molecule has 0 radical (unpaired) electrons. The Balaban J connectivity index is 1.37. The Kier molecular flexibility index (Phi) is 4.92. The number of aromatic amines is 1. The van der Waals surface area contributed by atoms with E-state index in [-0.39, 0.29) is 6.10 Å². The lowest BCUT2D eigenvalue weighted by Gasteiger charge is -2.41. The van der Waals surface area contributed by atoms with E-state index in [0.29, 0.717) is 6.04 Å². The Bertz CT molecular complexity index is 709. The highest BCUT2D eigenvalue weighted by Gasteiger charge is 2.28. The molecule has 3 heterocycles. The van der Waals surface area contributed by atoms with Crippen LogP contribution in [-0.4, -0.2) is 70.5 Å². The number of aromatic nitrogens is 2. The van der Waals surface area contributed by atoms with Gasteiger partial charge in [0.15, 0.2) is 0 Å². The molecule has 2 aromatic rings. The minimum Gasteiger partial charge on any atom is -0.497 e. The van der Waals surface area contributed by atoms with Crippen molar-refractivity contribution in [1.82, 2.24) is 20.0 Å². The molecule has 0 aliphatic carbocycles. The van der Waals surface area contributed by atoms with Crippen molar-refractivity contribution in [3.05, 3.63) is 23.9 Å². The van der Waals surface area contributed by atoms with Gasteiger partial charge in [-0.1, -0.05) is 0 Å². The fourth-order valence-corrected chi connectivity index (χ4v) is 4.27. The van der Waals surface area contributed by atoms with Crippen molar-refractivity contribution in [1.29, 1.82) is 0 Å². The number of piperidine rings is 2. The van der Waals surface area contributed by atoms with E-state index in [1.165, 1.54) is 18.5 Å². The molecule has 0 bridgehead atoms. The van der Waals surface area contributed by atoms with Crippen molar-refractivity contribution in [2.24, 2.45) is 0 Å². The molecule has 25 heavy (non-hydrogen) atoms. The number of aliphatic hydroxyl groups is 1. The highest BCUT2D eigenvalue weighted by molar-refractivity contribution is 5.82. The van der Waals surface area contributed by atoms with E-state index in [1.807, 2.05) is 12.1 Å². The highest BCUT2D eigenvalue weighted by Crippen LogP contribution is 2.25. The smallest absolute Gasteiger partial charge is 0.119 e. The Morgan fingerprint density at radius 2 is 2.08 bits per heavy atom. The number of nitrogens with one attached hydrogen (secondary N) is 1. The molecule has 0 amide bonds. The SMILES string of the molecule is COc1ccc2n[nH]c(CN3CCC(N4CCC[C@@H](O)C4)CC3)c2c1. The molecule has 6 heteroatoms. The Hall–Kier alpha value is -1.63.